The number of rotatable bonds is 8. The summed E-state index contributed by atoms with van der Waals surface area (Å²) in [6.07, 6.45) is 5.31. The lowest BCUT2D eigenvalue weighted by Crippen LogP contribution is -2.15. The third kappa shape index (κ3) is 4.94. The van der Waals surface area contributed by atoms with Crippen molar-refractivity contribution in [2.24, 2.45) is 5.14 Å². The van der Waals surface area contributed by atoms with Crippen molar-refractivity contribution >= 4 is 44.4 Å². The summed E-state index contributed by atoms with van der Waals surface area (Å²) >= 11 is 1.35. The Morgan fingerprint density at radius 2 is 2.00 bits per heavy atom. The first kappa shape index (κ1) is 21.9. The minimum Gasteiger partial charge on any atom is -0.325 e. The van der Waals surface area contributed by atoms with Gasteiger partial charge in [0.15, 0.2) is 5.16 Å². The number of fused-ring (bicyclic) bond motifs is 2. The van der Waals surface area contributed by atoms with Gasteiger partial charge in [-0.3, -0.25) is 4.79 Å². The van der Waals surface area contributed by atoms with Gasteiger partial charge in [0.2, 0.25) is 15.9 Å². The van der Waals surface area contributed by atoms with Crippen LogP contribution in [0, 0.1) is 0 Å². The highest BCUT2D eigenvalue weighted by Crippen LogP contribution is 2.28. The Labute approximate surface area is 186 Å². The molecular formula is C22H26N4O3S2. The lowest BCUT2D eigenvalue weighted by Gasteiger charge is -2.09. The number of aromatic nitrogens is 2. The molecule has 3 aromatic rings. The fourth-order valence-electron chi connectivity index (χ4n) is 3.88. The van der Waals surface area contributed by atoms with E-state index in [1.165, 1.54) is 41.4 Å². The van der Waals surface area contributed by atoms with E-state index in [1.54, 1.807) is 6.07 Å². The zero-order valence-electron chi connectivity index (χ0n) is 17.4. The van der Waals surface area contributed by atoms with Gasteiger partial charge in [-0.15, -0.1) is 0 Å². The van der Waals surface area contributed by atoms with Crippen molar-refractivity contribution in [2.75, 3.05) is 11.1 Å². The molecule has 0 atom stereocenters. The van der Waals surface area contributed by atoms with Crippen molar-refractivity contribution < 1.29 is 13.2 Å². The fourth-order valence-corrected chi connectivity index (χ4v) is 5.26. The van der Waals surface area contributed by atoms with Crippen LogP contribution in [-0.4, -0.2) is 29.6 Å². The molecule has 1 heterocycles. The number of aryl methyl sites for hydroxylation is 3. The molecule has 164 valence electrons. The van der Waals surface area contributed by atoms with Gasteiger partial charge >= 0.3 is 0 Å². The van der Waals surface area contributed by atoms with Gasteiger partial charge in [-0.1, -0.05) is 31.2 Å². The maximum Gasteiger partial charge on any atom is 0.238 e. The number of carbonyl (C=O) groups excluding carboxylic acids is 1. The molecule has 0 unspecified atom stereocenters. The van der Waals surface area contributed by atoms with Crippen LogP contribution in [0.4, 0.5) is 5.69 Å². The monoisotopic (exact) mass is 458 g/mol. The molecule has 0 saturated heterocycles. The zero-order valence-corrected chi connectivity index (χ0v) is 19.1. The molecule has 2 aromatic carbocycles. The Bertz CT molecular complexity index is 1240. The maximum absolute atomic E-state index is 12.5. The van der Waals surface area contributed by atoms with Crippen LogP contribution in [0.15, 0.2) is 46.5 Å². The van der Waals surface area contributed by atoms with Gasteiger partial charge in [0.05, 0.1) is 21.7 Å². The van der Waals surface area contributed by atoms with E-state index in [1.807, 2.05) is 10.6 Å². The van der Waals surface area contributed by atoms with Gasteiger partial charge in [-0.2, -0.15) is 0 Å². The van der Waals surface area contributed by atoms with Gasteiger partial charge in [0, 0.05) is 12.2 Å². The molecule has 7 nitrogen and oxygen atoms in total. The predicted molar refractivity (Wildman–Crippen MR) is 124 cm³/mol. The third-order valence-electron chi connectivity index (χ3n) is 5.46. The van der Waals surface area contributed by atoms with E-state index < -0.39 is 10.0 Å². The summed E-state index contributed by atoms with van der Waals surface area (Å²) < 4.78 is 25.4. The Morgan fingerprint density at radius 1 is 1.19 bits per heavy atom. The van der Waals surface area contributed by atoms with E-state index in [-0.39, 0.29) is 16.6 Å². The first-order valence-corrected chi connectivity index (χ1v) is 13.0. The van der Waals surface area contributed by atoms with Crippen molar-refractivity contribution in [1.82, 2.24) is 9.55 Å². The van der Waals surface area contributed by atoms with Crippen LogP contribution in [-0.2, 0) is 34.2 Å². The van der Waals surface area contributed by atoms with Gasteiger partial charge in [-0.05, 0) is 67.1 Å². The molecule has 0 radical (unpaired) electrons. The molecule has 3 N–H and O–H groups in total. The molecule has 1 aliphatic carbocycles. The first-order chi connectivity index (χ1) is 14.8. The Morgan fingerprint density at radius 3 is 2.77 bits per heavy atom. The van der Waals surface area contributed by atoms with Gasteiger partial charge < -0.3 is 9.88 Å². The highest BCUT2D eigenvalue weighted by Gasteiger charge is 2.17. The van der Waals surface area contributed by atoms with Crippen LogP contribution >= 0.6 is 11.8 Å². The second kappa shape index (κ2) is 9.02. The molecular weight excluding hydrogens is 432 g/mol. The van der Waals surface area contributed by atoms with Crippen LogP contribution in [0.3, 0.4) is 0 Å². The number of hydrogen-bond acceptors (Lipinski definition) is 5. The second-order valence-electron chi connectivity index (χ2n) is 7.77. The maximum atomic E-state index is 12.5. The number of sulfonamides is 1. The number of unbranched alkanes of at least 4 members (excludes halogenated alkanes) is 1. The van der Waals surface area contributed by atoms with Crippen molar-refractivity contribution in [3.05, 3.63) is 47.5 Å². The minimum absolute atomic E-state index is 0.0334. The molecule has 4 rings (SSSR count). The molecule has 9 heteroatoms. The predicted octanol–water partition coefficient (Wildman–Crippen LogP) is 3.70. The number of imidazole rings is 1. The minimum atomic E-state index is -3.80. The number of amides is 1. The number of nitrogens with one attached hydrogen (secondary N) is 1. The van der Waals surface area contributed by atoms with E-state index in [9.17, 15) is 13.2 Å². The molecule has 0 aliphatic heterocycles. The van der Waals surface area contributed by atoms with E-state index in [4.69, 9.17) is 5.14 Å². The number of nitrogens with two attached hydrogens (primary N) is 1. The Hall–Kier alpha value is -2.36. The van der Waals surface area contributed by atoms with Crippen molar-refractivity contribution in [1.29, 1.82) is 0 Å². The first-order valence-electron chi connectivity index (χ1n) is 10.4. The zero-order chi connectivity index (χ0) is 22.0. The molecule has 31 heavy (non-hydrogen) atoms. The summed E-state index contributed by atoms with van der Waals surface area (Å²) in [6, 6.07) is 10.8. The molecule has 0 fully saturated rings. The molecule has 1 amide bonds. The van der Waals surface area contributed by atoms with Crippen LogP contribution in [0.25, 0.3) is 11.0 Å². The van der Waals surface area contributed by atoms with Gasteiger partial charge in [-0.25, -0.2) is 18.5 Å². The van der Waals surface area contributed by atoms with Crippen LogP contribution in [0.5, 0.6) is 0 Å². The molecule has 1 aliphatic rings. The Balaban J connectivity index is 1.51. The van der Waals surface area contributed by atoms with Gasteiger partial charge in [0.25, 0.3) is 0 Å². The largest absolute Gasteiger partial charge is 0.325 e. The summed E-state index contributed by atoms with van der Waals surface area (Å²) in [7, 11) is -3.80. The number of anilines is 1. The summed E-state index contributed by atoms with van der Waals surface area (Å²) in [5.41, 5.74) is 4.91. The average molecular weight is 459 g/mol. The molecule has 0 saturated carbocycles. The quantitative estimate of drug-likeness (QED) is 0.501. The summed E-state index contributed by atoms with van der Waals surface area (Å²) in [5, 5.41) is 8.93. The SMILES string of the molecule is CCCCn1c(SCC(=O)Nc2ccc3c(c2)CCC3)nc2cc(S(N)(=O)=O)ccc21. The van der Waals surface area contributed by atoms with Crippen LogP contribution in [0.1, 0.15) is 37.3 Å². The Kier molecular flexibility index (Phi) is 6.36. The third-order valence-corrected chi connectivity index (χ3v) is 7.35. The highest BCUT2D eigenvalue weighted by atomic mass is 32.2. The number of nitrogens with zero attached hydrogens (tertiary/aromatic N) is 2. The van der Waals surface area contributed by atoms with E-state index >= 15 is 0 Å². The summed E-state index contributed by atoms with van der Waals surface area (Å²) in [6.45, 7) is 2.85. The van der Waals surface area contributed by atoms with E-state index in [0.29, 0.717) is 10.7 Å². The standard InChI is InChI=1S/C22H26N4O3S2/c1-2-3-11-26-20-10-9-18(31(23,28)29)13-19(20)25-22(26)30-14-21(27)24-17-8-7-15-5-4-6-16(15)12-17/h7-10,12-13H,2-6,11,14H2,1H3,(H,24,27)(H2,23,28,29). The van der Waals surface area contributed by atoms with Crippen LogP contribution in [0.2, 0.25) is 0 Å². The lowest BCUT2D eigenvalue weighted by atomic mass is 10.1. The van der Waals surface area contributed by atoms with Crippen molar-refractivity contribution in [3.63, 3.8) is 0 Å². The number of benzene rings is 2. The average Bonchev–Trinajstić information content (AvgIpc) is 3.33. The summed E-state index contributed by atoms with van der Waals surface area (Å²) in [5.74, 6) is 0.122. The topological polar surface area (TPSA) is 107 Å². The number of hydrogen-bond donors (Lipinski definition) is 2. The van der Waals surface area contributed by atoms with E-state index in [0.717, 1.165) is 43.4 Å². The van der Waals surface area contributed by atoms with E-state index in [2.05, 4.69) is 29.4 Å². The van der Waals surface area contributed by atoms with Gasteiger partial charge in [0.1, 0.15) is 0 Å². The molecule has 1 aromatic heterocycles. The molecule has 0 spiro atoms. The van der Waals surface area contributed by atoms with Crippen molar-refractivity contribution in [2.45, 2.75) is 55.6 Å². The normalized spacial score (nSPS) is 13.5. The lowest BCUT2D eigenvalue weighted by molar-refractivity contribution is -0.113. The number of primary sulfonamides is 1. The smallest absolute Gasteiger partial charge is 0.238 e. The fraction of sp³-hybridized carbons (Fsp3) is 0.364. The highest BCUT2D eigenvalue weighted by molar-refractivity contribution is 7.99. The second-order valence-corrected chi connectivity index (χ2v) is 10.3. The molecule has 0 bridgehead atoms. The van der Waals surface area contributed by atoms with Crippen molar-refractivity contribution in [3.8, 4) is 0 Å². The van der Waals surface area contributed by atoms with Crippen LogP contribution < -0.4 is 10.5 Å². The number of carbonyl (C=O) groups is 1. The number of thioether (sulfide) groups is 1. The summed E-state index contributed by atoms with van der Waals surface area (Å²) in [4.78, 5) is 17.2.